The van der Waals surface area contributed by atoms with E-state index in [9.17, 15) is 14.7 Å². The Morgan fingerprint density at radius 1 is 1.00 bits per heavy atom. The summed E-state index contributed by atoms with van der Waals surface area (Å²) in [7, 11) is -1.24. The standard InChI is InChI=1S/C30H43NO7Si/c1-28(2,3)37-27(33)31-23(26(32)35-7)19-25(38-39(8,9)29(4,5)6)30(31,34)22-17-13-14-18-24(22)36-20-21-15-11-10-12-16-21/h10-18,23,25,34H,19-20H2,1-9H3/t23-,25+,30?/m0/s1. The summed E-state index contributed by atoms with van der Waals surface area (Å²) in [6.45, 7) is 15.8. The molecule has 8 nitrogen and oxygen atoms in total. The minimum atomic E-state index is -2.50. The van der Waals surface area contributed by atoms with E-state index in [1.165, 1.54) is 7.11 Å². The molecule has 1 saturated heterocycles. The Morgan fingerprint density at radius 2 is 1.59 bits per heavy atom. The Bertz CT molecular complexity index is 1160. The molecule has 1 aliphatic heterocycles. The lowest BCUT2D eigenvalue weighted by atomic mass is 9.96. The second-order valence-corrected chi connectivity index (χ2v) is 17.2. The van der Waals surface area contributed by atoms with E-state index in [0.717, 1.165) is 10.5 Å². The van der Waals surface area contributed by atoms with Crippen LogP contribution in [0, 0.1) is 0 Å². The van der Waals surface area contributed by atoms with Crippen molar-refractivity contribution in [3.05, 3.63) is 65.7 Å². The highest BCUT2D eigenvalue weighted by Crippen LogP contribution is 2.49. The zero-order valence-corrected chi connectivity index (χ0v) is 25.6. The van der Waals surface area contributed by atoms with Gasteiger partial charge in [0.2, 0.25) is 0 Å². The maximum Gasteiger partial charge on any atom is 0.413 e. The molecular weight excluding hydrogens is 514 g/mol. The van der Waals surface area contributed by atoms with Crippen molar-refractivity contribution in [3.63, 3.8) is 0 Å². The Morgan fingerprint density at radius 3 is 2.15 bits per heavy atom. The highest BCUT2D eigenvalue weighted by molar-refractivity contribution is 6.74. The molecule has 0 bridgehead atoms. The van der Waals surface area contributed by atoms with Gasteiger partial charge in [-0.1, -0.05) is 69.3 Å². The molecule has 0 aromatic heterocycles. The molecule has 1 amide bonds. The third kappa shape index (κ3) is 6.65. The number of carbonyl (C=O) groups excluding carboxylic acids is 2. The van der Waals surface area contributed by atoms with Crippen molar-refractivity contribution in [2.24, 2.45) is 0 Å². The van der Waals surface area contributed by atoms with Gasteiger partial charge in [-0.25, -0.2) is 9.59 Å². The second kappa shape index (κ2) is 11.3. The lowest BCUT2D eigenvalue weighted by Gasteiger charge is -2.44. The number of likely N-dealkylation sites (tertiary alicyclic amines) is 1. The maximum absolute atomic E-state index is 13.7. The lowest BCUT2D eigenvalue weighted by molar-refractivity contribution is -0.163. The number of hydrogen-bond donors (Lipinski definition) is 1. The zero-order valence-electron chi connectivity index (χ0n) is 24.6. The third-order valence-electron chi connectivity index (χ3n) is 7.39. The van der Waals surface area contributed by atoms with E-state index >= 15 is 0 Å². The number of hydrogen-bond acceptors (Lipinski definition) is 7. The molecule has 39 heavy (non-hydrogen) atoms. The van der Waals surface area contributed by atoms with Crippen LogP contribution in [-0.2, 0) is 31.0 Å². The van der Waals surface area contributed by atoms with Crippen molar-refractivity contribution in [1.82, 2.24) is 4.90 Å². The van der Waals surface area contributed by atoms with Gasteiger partial charge in [-0.05, 0) is 50.5 Å². The summed E-state index contributed by atoms with van der Waals surface area (Å²) >= 11 is 0. The van der Waals surface area contributed by atoms with E-state index in [-0.39, 0.29) is 18.1 Å². The van der Waals surface area contributed by atoms with E-state index < -0.39 is 43.9 Å². The molecule has 0 radical (unpaired) electrons. The first-order chi connectivity index (χ1) is 18.0. The van der Waals surface area contributed by atoms with Crippen molar-refractivity contribution >= 4 is 20.4 Å². The first-order valence-electron chi connectivity index (χ1n) is 13.3. The Balaban J connectivity index is 2.18. The molecule has 1 fully saturated rings. The summed E-state index contributed by atoms with van der Waals surface area (Å²) in [4.78, 5) is 27.9. The van der Waals surface area contributed by atoms with Gasteiger partial charge in [0.25, 0.3) is 0 Å². The van der Waals surface area contributed by atoms with Crippen LogP contribution in [0.25, 0.3) is 0 Å². The number of rotatable bonds is 7. The summed E-state index contributed by atoms with van der Waals surface area (Å²) in [5, 5.41) is 12.5. The van der Waals surface area contributed by atoms with Crippen LogP contribution < -0.4 is 4.74 Å². The average Bonchev–Trinajstić information content (AvgIpc) is 3.13. The first-order valence-corrected chi connectivity index (χ1v) is 16.2. The molecule has 1 N–H and O–H groups in total. The molecule has 0 aliphatic carbocycles. The van der Waals surface area contributed by atoms with E-state index in [1.807, 2.05) is 30.3 Å². The lowest BCUT2D eigenvalue weighted by Crippen LogP contribution is -2.57. The van der Waals surface area contributed by atoms with Crippen LogP contribution in [0.3, 0.4) is 0 Å². The largest absolute Gasteiger partial charge is 0.488 e. The molecule has 1 unspecified atom stereocenters. The number of benzene rings is 2. The number of carbonyl (C=O) groups is 2. The topological polar surface area (TPSA) is 94.5 Å². The van der Waals surface area contributed by atoms with Crippen LogP contribution in [0.1, 0.15) is 59.1 Å². The zero-order chi connectivity index (χ0) is 29.2. The van der Waals surface area contributed by atoms with Crippen molar-refractivity contribution < 1.29 is 33.3 Å². The summed E-state index contributed by atoms with van der Waals surface area (Å²) in [6, 6.07) is 15.5. The molecule has 214 valence electrons. The molecule has 3 rings (SSSR count). The molecule has 2 aromatic rings. The molecule has 9 heteroatoms. The molecule has 1 aliphatic rings. The molecule has 0 spiro atoms. The molecule has 1 heterocycles. The molecule has 2 aromatic carbocycles. The predicted molar refractivity (Wildman–Crippen MR) is 152 cm³/mol. The van der Waals surface area contributed by atoms with E-state index in [2.05, 4.69) is 33.9 Å². The van der Waals surface area contributed by atoms with E-state index in [4.69, 9.17) is 18.6 Å². The fraction of sp³-hybridized carbons (Fsp3) is 0.533. The summed E-state index contributed by atoms with van der Waals surface area (Å²) in [5.41, 5.74) is -1.71. The van der Waals surface area contributed by atoms with Crippen LogP contribution in [-0.4, -0.2) is 55.2 Å². The fourth-order valence-corrected chi connectivity index (χ4v) is 5.70. The van der Waals surface area contributed by atoms with Gasteiger partial charge >= 0.3 is 12.1 Å². The van der Waals surface area contributed by atoms with Crippen molar-refractivity contribution in [2.45, 2.75) is 96.2 Å². The van der Waals surface area contributed by atoms with E-state index in [0.29, 0.717) is 11.3 Å². The van der Waals surface area contributed by atoms with Gasteiger partial charge in [0, 0.05) is 12.0 Å². The van der Waals surface area contributed by atoms with Crippen molar-refractivity contribution in [1.29, 1.82) is 0 Å². The number of para-hydroxylation sites is 1. The van der Waals surface area contributed by atoms with Gasteiger partial charge in [-0.15, -0.1) is 0 Å². The predicted octanol–water partition coefficient (Wildman–Crippen LogP) is 5.98. The van der Waals surface area contributed by atoms with Crippen LogP contribution in [0.4, 0.5) is 4.79 Å². The van der Waals surface area contributed by atoms with Gasteiger partial charge in [0.1, 0.15) is 30.1 Å². The number of amides is 1. The third-order valence-corrected chi connectivity index (χ3v) is 11.9. The number of nitrogens with zero attached hydrogens (tertiary/aromatic N) is 1. The monoisotopic (exact) mass is 557 g/mol. The number of esters is 1. The minimum absolute atomic E-state index is 0.0297. The summed E-state index contributed by atoms with van der Waals surface area (Å²) in [6.07, 6.45) is -1.77. The van der Waals surface area contributed by atoms with Gasteiger partial charge < -0.3 is 23.7 Å². The van der Waals surface area contributed by atoms with Crippen LogP contribution in [0.15, 0.2) is 54.6 Å². The smallest absolute Gasteiger partial charge is 0.413 e. The summed E-state index contributed by atoms with van der Waals surface area (Å²) < 4.78 is 23.8. The number of aliphatic hydroxyl groups is 1. The maximum atomic E-state index is 13.7. The Labute approximate surface area is 233 Å². The molecular formula is C30H43NO7Si. The van der Waals surface area contributed by atoms with Crippen LogP contribution in [0.5, 0.6) is 5.75 Å². The van der Waals surface area contributed by atoms with Gasteiger partial charge in [0.05, 0.1) is 7.11 Å². The fourth-order valence-electron chi connectivity index (χ4n) is 4.38. The van der Waals surface area contributed by atoms with E-state index in [1.54, 1.807) is 45.0 Å². The normalized spacial score (nSPS) is 21.9. The van der Waals surface area contributed by atoms with Crippen LogP contribution in [0.2, 0.25) is 18.1 Å². The highest BCUT2D eigenvalue weighted by Gasteiger charge is 2.62. The summed E-state index contributed by atoms with van der Waals surface area (Å²) in [5.74, 6) is -0.296. The first kappa shape index (κ1) is 30.7. The number of ether oxygens (including phenoxy) is 3. The van der Waals surface area contributed by atoms with Gasteiger partial charge in [0.15, 0.2) is 14.0 Å². The van der Waals surface area contributed by atoms with Crippen LogP contribution >= 0.6 is 0 Å². The number of methoxy groups -OCH3 is 1. The molecule has 3 atom stereocenters. The minimum Gasteiger partial charge on any atom is -0.488 e. The van der Waals surface area contributed by atoms with Gasteiger partial charge in [-0.2, -0.15) is 0 Å². The molecule has 0 saturated carbocycles. The average molecular weight is 558 g/mol. The Hall–Kier alpha value is -2.88. The quantitative estimate of drug-likeness (QED) is 0.330. The SMILES string of the molecule is COC(=O)[C@@H]1C[C@@H](O[Si](C)(C)C(C)(C)C)C(O)(c2ccccc2OCc2ccccc2)N1C(=O)OC(C)(C)C. The highest BCUT2D eigenvalue weighted by atomic mass is 28.4. The second-order valence-electron chi connectivity index (χ2n) is 12.5. The van der Waals surface area contributed by atoms with Crippen molar-refractivity contribution in [2.75, 3.05) is 7.11 Å². The van der Waals surface area contributed by atoms with Gasteiger partial charge in [-0.3, -0.25) is 4.90 Å². The van der Waals surface area contributed by atoms with Crippen molar-refractivity contribution in [3.8, 4) is 5.75 Å². The Kier molecular flexibility index (Phi) is 8.89.